The highest BCUT2D eigenvalue weighted by Crippen LogP contribution is 2.34. The van der Waals surface area contributed by atoms with Crippen molar-refractivity contribution in [3.05, 3.63) is 17.7 Å². The van der Waals surface area contributed by atoms with E-state index in [0.29, 0.717) is 30.2 Å². The molecule has 0 atom stereocenters. The number of nitrogens with one attached hydrogen (secondary N) is 1. The van der Waals surface area contributed by atoms with E-state index in [-0.39, 0.29) is 12.5 Å². The third-order valence-electron chi connectivity index (χ3n) is 2.70. The highest BCUT2D eigenvalue weighted by molar-refractivity contribution is 5.77. The van der Waals surface area contributed by atoms with Gasteiger partial charge in [-0.1, -0.05) is 0 Å². The fourth-order valence-corrected chi connectivity index (χ4v) is 1.72. The predicted molar refractivity (Wildman–Crippen MR) is 71.9 cm³/mol. The average molecular weight is 268 g/mol. The Balaban J connectivity index is 2.88. The monoisotopic (exact) mass is 268 g/mol. The minimum absolute atomic E-state index is 0.0170. The van der Waals surface area contributed by atoms with Gasteiger partial charge >= 0.3 is 0 Å². The molecule has 0 fully saturated rings. The molecule has 6 nitrogen and oxygen atoms in total. The Bertz CT molecular complexity index is 410. The molecule has 3 N–H and O–H groups in total. The molecule has 0 radical (unpaired) electrons. The quantitative estimate of drug-likeness (QED) is 0.744. The van der Waals surface area contributed by atoms with Gasteiger partial charge in [0.1, 0.15) is 17.2 Å². The van der Waals surface area contributed by atoms with Crippen LogP contribution in [0, 0.1) is 0 Å². The Labute approximate surface area is 112 Å². The lowest BCUT2D eigenvalue weighted by atomic mass is 10.1. The van der Waals surface area contributed by atoms with Crippen LogP contribution in [0.4, 0.5) is 0 Å². The van der Waals surface area contributed by atoms with Gasteiger partial charge in [-0.25, -0.2) is 0 Å². The summed E-state index contributed by atoms with van der Waals surface area (Å²) in [4.78, 5) is 11.1. The number of carbonyl (C=O) groups excluding carboxylic acids is 1. The van der Waals surface area contributed by atoms with Gasteiger partial charge in [-0.2, -0.15) is 0 Å². The number of rotatable bonds is 7. The summed E-state index contributed by atoms with van der Waals surface area (Å²) in [6, 6.07) is 3.56. The van der Waals surface area contributed by atoms with Crippen LogP contribution in [0.1, 0.15) is 5.56 Å². The molecule has 1 aromatic carbocycles. The fraction of sp³-hybridized carbons (Fsp3) is 0.462. The van der Waals surface area contributed by atoms with Crippen molar-refractivity contribution >= 4 is 5.91 Å². The summed E-state index contributed by atoms with van der Waals surface area (Å²) in [5.74, 6) is 1.80. The summed E-state index contributed by atoms with van der Waals surface area (Å²) >= 11 is 0. The molecule has 6 heteroatoms. The van der Waals surface area contributed by atoms with E-state index in [1.165, 1.54) is 0 Å². The van der Waals surface area contributed by atoms with E-state index in [1.807, 2.05) is 0 Å². The van der Waals surface area contributed by atoms with Gasteiger partial charge in [0, 0.05) is 24.2 Å². The van der Waals surface area contributed by atoms with Crippen LogP contribution >= 0.6 is 0 Å². The molecule has 0 aliphatic rings. The third kappa shape index (κ3) is 4.03. The molecule has 0 bridgehead atoms. The van der Waals surface area contributed by atoms with Gasteiger partial charge in [-0.15, -0.1) is 0 Å². The van der Waals surface area contributed by atoms with E-state index >= 15 is 0 Å². The number of carbonyl (C=O) groups is 1. The molecular weight excluding hydrogens is 248 g/mol. The van der Waals surface area contributed by atoms with Gasteiger partial charge in [0.2, 0.25) is 5.91 Å². The molecule has 0 aliphatic carbocycles. The molecular formula is C13H20N2O4. The second-order valence-electron chi connectivity index (χ2n) is 3.81. The minimum Gasteiger partial charge on any atom is -0.496 e. The Morgan fingerprint density at radius 1 is 1.16 bits per heavy atom. The number of amides is 1. The first kappa shape index (κ1) is 15.1. The van der Waals surface area contributed by atoms with Crippen molar-refractivity contribution in [3.8, 4) is 17.2 Å². The Hall–Kier alpha value is -1.95. The molecule has 106 valence electrons. The molecule has 0 saturated carbocycles. The maximum absolute atomic E-state index is 11.1. The van der Waals surface area contributed by atoms with E-state index in [4.69, 9.17) is 19.9 Å². The molecule has 1 rings (SSSR count). The van der Waals surface area contributed by atoms with Crippen molar-refractivity contribution < 1.29 is 19.0 Å². The van der Waals surface area contributed by atoms with Crippen LogP contribution in [0.2, 0.25) is 0 Å². The zero-order valence-electron chi connectivity index (χ0n) is 11.5. The largest absolute Gasteiger partial charge is 0.496 e. The summed E-state index contributed by atoms with van der Waals surface area (Å²) in [6.07, 6.45) is 0.585. The lowest BCUT2D eigenvalue weighted by molar-refractivity contribution is -0.119. The van der Waals surface area contributed by atoms with E-state index < -0.39 is 0 Å². The number of methoxy groups -OCH3 is 3. The van der Waals surface area contributed by atoms with Crippen molar-refractivity contribution in [2.24, 2.45) is 5.73 Å². The average Bonchev–Trinajstić information content (AvgIpc) is 2.46. The Morgan fingerprint density at radius 2 is 1.74 bits per heavy atom. The van der Waals surface area contributed by atoms with Crippen LogP contribution in [-0.2, 0) is 11.2 Å². The van der Waals surface area contributed by atoms with Crippen molar-refractivity contribution in [2.45, 2.75) is 6.42 Å². The van der Waals surface area contributed by atoms with Crippen LogP contribution in [0.5, 0.6) is 17.2 Å². The van der Waals surface area contributed by atoms with Gasteiger partial charge in [0.05, 0.1) is 27.9 Å². The highest BCUT2D eigenvalue weighted by atomic mass is 16.5. The van der Waals surface area contributed by atoms with Crippen LogP contribution in [0.3, 0.4) is 0 Å². The topological polar surface area (TPSA) is 82.8 Å². The molecule has 0 aliphatic heterocycles. The van der Waals surface area contributed by atoms with E-state index in [0.717, 1.165) is 5.56 Å². The Morgan fingerprint density at radius 3 is 2.16 bits per heavy atom. The summed E-state index contributed by atoms with van der Waals surface area (Å²) in [6.45, 7) is 0.450. The smallest absolute Gasteiger partial charge is 0.233 e. The van der Waals surface area contributed by atoms with E-state index in [9.17, 15) is 4.79 Å². The van der Waals surface area contributed by atoms with Crippen molar-refractivity contribution in [1.29, 1.82) is 0 Å². The summed E-state index contributed by atoms with van der Waals surface area (Å²) in [7, 11) is 4.74. The van der Waals surface area contributed by atoms with Crippen LogP contribution in [-0.4, -0.2) is 40.3 Å². The standard InChI is InChI=1S/C13H20N2O4/c1-17-9-6-11(18-2)10(12(7-9)19-3)4-5-15-13(16)8-14/h6-7H,4-5,8,14H2,1-3H3,(H,15,16). The Kier molecular flexibility index (Phi) is 5.95. The number of nitrogens with two attached hydrogens (primary N) is 1. The molecule has 0 aromatic heterocycles. The number of benzene rings is 1. The lowest BCUT2D eigenvalue weighted by Gasteiger charge is -2.15. The zero-order chi connectivity index (χ0) is 14.3. The predicted octanol–water partition coefficient (Wildman–Crippen LogP) is 0.330. The highest BCUT2D eigenvalue weighted by Gasteiger charge is 2.13. The molecule has 0 unspecified atom stereocenters. The van der Waals surface area contributed by atoms with Gasteiger partial charge in [-0.05, 0) is 6.42 Å². The first-order valence-corrected chi connectivity index (χ1v) is 5.91. The third-order valence-corrected chi connectivity index (χ3v) is 2.70. The van der Waals surface area contributed by atoms with Gasteiger partial charge in [-0.3, -0.25) is 4.79 Å². The zero-order valence-corrected chi connectivity index (χ0v) is 11.5. The first-order chi connectivity index (χ1) is 9.15. The molecule has 1 aromatic rings. The molecule has 0 spiro atoms. The van der Waals surface area contributed by atoms with Gasteiger partial charge < -0.3 is 25.3 Å². The number of hydrogen-bond donors (Lipinski definition) is 2. The van der Waals surface area contributed by atoms with Gasteiger partial charge in [0.25, 0.3) is 0 Å². The normalized spacial score (nSPS) is 9.89. The van der Waals surface area contributed by atoms with Crippen LogP contribution in [0.15, 0.2) is 12.1 Å². The van der Waals surface area contributed by atoms with Gasteiger partial charge in [0.15, 0.2) is 0 Å². The summed E-state index contributed by atoms with van der Waals surface area (Å²) in [5.41, 5.74) is 6.10. The molecule has 1 amide bonds. The van der Waals surface area contributed by atoms with Crippen molar-refractivity contribution in [3.63, 3.8) is 0 Å². The number of ether oxygens (including phenoxy) is 3. The van der Waals surface area contributed by atoms with E-state index in [1.54, 1.807) is 33.5 Å². The first-order valence-electron chi connectivity index (χ1n) is 5.91. The second kappa shape index (κ2) is 7.48. The molecule has 19 heavy (non-hydrogen) atoms. The summed E-state index contributed by atoms with van der Waals surface area (Å²) < 4.78 is 15.8. The van der Waals surface area contributed by atoms with Crippen LogP contribution < -0.4 is 25.3 Å². The maximum Gasteiger partial charge on any atom is 0.233 e. The summed E-state index contributed by atoms with van der Waals surface area (Å²) in [5, 5.41) is 2.71. The lowest BCUT2D eigenvalue weighted by Crippen LogP contribution is -2.31. The van der Waals surface area contributed by atoms with Crippen molar-refractivity contribution in [2.75, 3.05) is 34.4 Å². The van der Waals surface area contributed by atoms with E-state index in [2.05, 4.69) is 5.32 Å². The second-order valence-corrected chi connectivity index (χ2v) is 3.81. The minimum atomic E-state index is -0.188. The van der Waals surface area contributed by atoms with Crippen LogP contribution in [0.25, 0.3) is 0 Å². The molecule has 0 saturated heterocycles. The van der Waals surface area contributed by atoms with Crippen molar-refractivity contribution in [1.82, 2.24) is 5.32 Å². The molecule has 0 heterocycles. The fourth-order valence-electron chi connectivity index (χ4n) is 1.72. The SMILES string of the molecule is COc1cc(OC)c(CCNC(=O)CN)c(OC)c1. The maximum atomic E-state index is 11.1. The number of hydrogen-bond acceptors (Lipinski definition) is 5.